The molecular formula is C13H20ClN3O2S. The molecule has 2 atom stereocenters. The van der Waals surface area contributed by atoms with Crippen LogP contribution in [0.1, 0.15) is 31.7 Å². The quantitative estimate of drug-likeness (QED) is 0.746. The first-order chi connectivity index (χ1) is 9.31. The van der Waals surface area contributed by atoms with Gasteiger partial charge < -0.3 is 16.4 Å². The van der Waals surface area contributed by atoms with Crippen molar-refractivity contribution in [3.05, 3.63) is 21.3 Å². The maximum atomic E-state index is 11.7. The fourth-order valence-corrected chi connectivity index (χ4v) is 2.58. The van der Waals surface area contributed by atoms with Gasteiger partial charge in [-0.3, -0.25) is 9.59 Å². The highest BCUT2D eigenvalue weighted by Gasteiger charge is 2.18. The minimum Gasteiger partial charge on any atom is -0.347 e. The standard InChI is InChI=1S/C13H20ClN3O2S/c1-7(2)12(15)13(19)16-6-11(18)17-8(3)9-4-5-10(14)20-9/h4-5,7-8,12H,6,15H2,1-3H3,(H,16,19)(H,17,18)/t8?,12-/m0/s1. The van der Waals surface area contributed by atoms with Crippen LogP contribution in [0.4, 0.5) is 0 Å². The van der Waals surface area contributed by atoms with E-state index in [1.165, 1.54) is 11.3 Å². The number of carbonyl (C=O) groups excluding carboxylic acids is 2. The number of hydrogen-bond donors (Lipinski definition) is 3. The van der Waals surface area contributed by atoms with Crippen LogP contribution in [0, 0.1) is 5.92 Å². The minimum atomic E-state index is -0.601. The molecule has 0 radical (unpaired) electrons. The fraction of sp³-hybridized carbons (Fsp3) is 0.538. The van der Waals surface area contributed by atoms with Crippen molar-refractivity contribution in [3.63, 3.8) is 0 Å². The van der Waals surface area contributed by atoms with Gasteiger partial charge in [0.25, 0.3) is 0 Å². The van der Waals surface area contributed by atoms with Crippen molar-refractivity contribution in [1.29, 1.82) is 0 Å². The summed E-state index contributed by atoms with van der Waals surface area (Å²) in [4.78, 5) is 24.3. The van der Waals surface area contributed by atoms with E-state index in [0.29, 0.717) is 4.34 Å². The fourth-order valence-electron chi connectivity index (χ4n) is 1.51. The molecule has 1 rings (SSSR count). The first-order valence-corrected chi connectivity index (χ1v) is 7.58. The van der Waals surface area contributed by atoms with Crippen molar-refractivity contribution < 1.29 is 9.59 Å². The molecule has 20 heavy (non-hydrogen) atoms. The maximum absolute atomic E-state index is 11.7. The van der Waals surface area contributed by atoms with Gasteiger partial charge in [0, 0.05) is 4.88 Å². The minimum absolute atomic E-state index is 0.0326. The van der Waals surface area contributed by atoms with Gasteiger partial charge in [-0.2, -0.15) is 0 Å². The largest absolute Gasteiger partial charge is 0.347 e. The number of amides is 2. The van der Waals surface area contributed by atoms with Crippen molar-refractivity contribution in [2.45, 2.75) is 32.9 Å². The predicted octanol–water partition coefficient (Wildman–Crippen LogP) is 1.68. The van der Waals surface area contributed by atoms with E-state index in [-0.39, 0.29) is 30.3 Å². The number of nitrogens with one attached hydrogen (secondary N) is 2. The molecule has 5 nitrogen and oxygen atoms in total. The number of nitrogens with two attached hydrogens (primary N) is 1. The summed E-state index contributed by atoms with van der Waals surface area (Å²) in [5.74, 6) is -0.543. The molecule has 4 N–H and O–H groups in total. The van der Waals surface area contributed by atoms with Crippen LogP contribution in [0.25, 0.3) is 0 Å². The lowest BCUT2D eigenvalue weighted by Gasteiger charge is -2.16. The highest BCUT2D eigenvalue weighted by molar-refractivity contribution is 7.16. The maximum Gasteiger partial charge on any atom is 0.239 e. The van der Waals surface area contributed by atoms with Crippen molar-refractivity contribution >= 4 is 34.8 Å². The third-order valence-electron chi connectivity index (χ3n) is 2.84. The highest BCUT2D eigenvalue weighted by Crippen LogP contribution is 2.26. The van der Waals surface area contributed by atoms with E-state index < -0.39 is 6.04 Å². The lowest BCUT2D eigenvalue weighted by molar-refractivity contribution is -0.127. The topological polar surface area (TPSA) is 84.2 Å². The zero-order valence-electron chi connectivity index (χ0n) is 11.8. The molecule has 0 aliphatic carbocycles. The van der Waals surface area contributed by atoms with Gasteiger partial charge in [-0.05, 0) is 25.0 Å². The molecule has 2 amide bonds. The second-order valence-electron chi connectivity index (χ2n) is 4.92. The third kappa shape index (κ3) is 5.11. The molecule has 0 aliphatic heterocycles. The van der Waals surface area contributed by atoms with Gasteiger partial charge in [0.2, 0.25) is 11.8 Å². The van der Waals surface area contributed by atoms with Gasteiger partial charge in [-0.15, -0.1) is 11.3 Å². The zero-order valence-corrected chi connectivity index (χ0v) is 13.3. The Kier molecular flexibility index (Phi) is 6.45. The van der Waals surface area contributed by atoms with E-state index in [2.05, 4.69) is 10.6 Å². The molecule has 0 saturated carbocycles. The second-order valence-corrected chi connectivity index (χ2v) is 6.67. The summed E-state index contributed by atoms with van der Waals surface area (Å²) in [5.41, 5.74) is 5.68. The Hall–Kier alpha value is -1.11. The summed E-state index contributed by atoms with van der Waals surface area (Å²) in [6.45, 7) is 5.49. The van der Waals surface area contributed by atoms with Crippen LogP contribution >= 0.6 is 22.9 Å². The lowest BCUT2D eigenvalue weighted by Crippen LogP contribution is -2.47. The van der Waals surface area contributed by atoms with Crippen LogP contribution in [-0.2, 0) is 9.59 Å². The average molecular weight is 318 g/mol. The molecule has 1 aromatic heterocycles. The van der Waals surface area contributed by atoms with Gasteiger partial charge >= 0.3 is 0 Å². The summed E-state index contributed by atoms with van der Waals surface area (Å²) in [7, 11) is 0. The second kappa shape index (κ2) is 7.61. The Labute approximate surface area is 127 Å². The third-order valence-corrected chi connectivity index (χ3v) is 4.26. The molecule has 1 aromatic rings. The molecule has 1 heterocycles. The number of halogens is 1. The average Bonchev–Trinajstić information content (AvgIpc) is 2.81. The lowest BCUT2D eigenvalue weighted by atomic mass is 10.1. The normalized spacial score (nSPS) is 13.9. The van der Waals surface area contributed by atoms with Crippen LogP contribution < -0.4 is 16.4 Å². The Bertz CT molecular complexity index is 476. The van der Waals surface area contributed by atoms with E-state index >= 15 is 0 Å². The summed E-state index contributed by atoms with van der Waals surface area (Å²) in [6, 6.07) is 2.91. The van der Waals surface area contributed by atoms with Crippen molar-refractivity contribution in [3.8, 4) is 0 Å². The molecule has 1 unspecified atom stereocenters. The molecule has 0 fully saturated rings. The molecular weight excluding hydrogens is 298 g/mol. The van der Waals surface area contributed by atoms with E-state index in [1.807, 2.05) is 26.8 Å². The van der Waals surface area contributed by atoms with Crippen LogP contribution in [0.15, 0.2) is 12.1 Å². The van der Waals surface area contributed by atoms with Gasteiger partial charge in [0.15, 0.2) is 0 Å². The number of hydrogen-bond acceptors (Lipinski definition) is 4. The van der Waals surface area contributed by atoms with E-state index in [9.17, 15) is 9.59 Å². The number of carbonyl (C=O) groups is 2. The number of thiophene rings is 1. The van der Waals surface area contributed by atoms with Crippen molar-refractivity contribution in [2.24, 2.45) is 11.7 Å². The van der Waals surface area contributed by atoms with Gasteiger partial charge in [-0.1, -0.05) is 25.4 Å². The van der Waals surface area contributed by atoms with E-state index in [1.54, 1.807) is 6.07 Å². The van der Waals surface area contributed by atoms with Gasteiger partial charge in [0.1, 0.15) is 0 Å². The van der Waals surface area contributed by atoms with Gasteiger partial charge in [-0.25, -0.2) is 0 Å². The monoisotopic (exact) mass is 317 g/mol. The first kappa shape index (κ1) is 16.9. The summed E-state index contributed by atoms with van der Waals surface area (Å²) >= 11 is 7.26. The van der Waals surface area contributed by atoms with Crippen LogP contribution in [-0.4, -0.2) is 24.4 Å². The predicted molar refractivity (Wildman–Crippen MR) is 81.7 cm³/mol. The molecule has 112 valence electrons. The smallest absolute Gasteiger partial charge is 0.239 e. The molecule has 7 heteroatoms. The molecule has 0 aromatic carbocycles. The number of rotatable bonds is 6. The summed E-state index contributed by atoms with van der Waals surface area (Å²) in [6.07, 6.45) is 0. The van der Waals surface area contributed by atoms with Crippen molar-refractivity contribution in [1.82, 2.24) is 10.6 Å². The first-order valence-electron chi connectivity index (χ1n) is 6.39. The summed E-state index contributed by atoms with van der Waals surface area (Å²) in [5, 5.41) is 5.32. The zero-order chi connectivity index (χ0) is 15.3. The van der Waals surface area contributed by atoms with E-state index in [0.717, 1.165) is 4.88 Å². The van der Waals surface area contributed by atoms with E-state index in [4.69, 9.17) is 17.3 Å². The van der Waals surface area contributed by atoms with Crippen LogP contribution in [0.2, 0.25) is 4.34 Å². The Morgan fingerprint density at radius 2 is 2.00 bits per heavy atom. The molecule has 0 spiro atoms. The van der Waals surface area contributed by atoms with Gasteiger partial charge in [0.05, 0.1) is 23.0 Å². The molecule has 0 aliphatic rings. The Balaban J connectivity index is 2.39. The SMILES string of the molecule is CC(NC(=O)CNC(=O)[C@@H](N)C(C)C)c1ccc(Cl)s1. The highest BCUT2D eigenvalue weighted by atomic mass is 35.5. The molecule has 0 bridgehead atoms. The van der Waals surface area contributed by atoms with Crippen LogP contribution in [0.5, 0.6) is 0 Å². The molecule has 0 saturated heterocycles. The van der Waals surface area contributed by atoms with Crippen molar-refractivity contribution in [2.75, 3.05) is 6.54 Å². The summed E-state index contributed by atoms with van der Waals surface area (Å²) < 4.78 is 0.678. The Morgan fingerprint density at radius 1 is 1.35 bits per heavy atom. The van der Waals surface area contributed by atoms with Crippen LogP contribution in [0.3, 0.4) is 0 Å². The Morgan fingerprint density at radius 3 is 2.50 bits per heavy atom.